The van der Waals surface area contributed by atoms with E-state index < -0.39 is 0 Å². The van der Waals surface area contributed by atoms with Crippen molar-refractivity contribution in [1.82, 2.24) is 0 Å². The molecule has 0 amide bonds. The van der Waals surface area contributed by atoms with Gasteiger partial charge in [0.15, 0.2) is 0 Å². The van der Waals surface area contributed by atoms with Crippen molar-refractivity contribution >= 4 is 21.6 Å². The summed E-state index contributed by atoms with van der Waals surface area (Å²) < 4.78 is 5.32. The Morgan fingerprint density at radius 3 is 2.00 bits per heavy atom. The van der Waals surface area contributed by atoms with Gasteiger partial charge in [-0.25, -0.2) is 0 Å². The summed E-state index contributed by atoms with van der Waals surface area (Å²) in [5.74, 6) is 0.921. The standard InChI is InChI=1S/C24H36BrNO.2C2H6/c1-3-4-5-6-7-8-9-10-19-26(20-21-11-13-22(25)14-12-21)23-15-17-24(27-2)18-16-23;2*1-2/h11-13,15-18,22H,3-10,14,19-20H2,1-2H3;2*1-2H3. The van der Waals surface area contributed by atoms with Gasteiger partial charge in [0, 0.05) is 23.6 Å². The maximum atomic E-state index is 5.32. The van der Waals surface area contributed by atoms with Crippen LogP contribution in [0, 0.1) is 0 Å². The molecule has 1 unspecified atom stereocenters. The van der Waals surface area contributed by atoms with Crippen LogP contribution in [0.5, 0.6) is 5.75 Å². The Hall–Kier alpha value is -1.22. The summed E-state index contributed by atoms with van der Waals surface area (Å²) in [7, 11) is 1.72. The molecule has 3 heteroatoms. The number of rotatable bonds is 13. The van der Waals surface area contributed by atoms with Gasteiger partial charge >= 0.3 is 0 Å². The Bertz CT molecular complexity index is 579. The highest BCUT2D eigenvalue weighted by molar-refractivity contribution is 9.09. The smallest absolute Gasteiger partial charge is 0.119 e. The molecule has 0 spiro atoms. The molecule has 1 aliphatic rings. The van der Waals surface area contributed by atoms with E-state index in [1.54, 1.807) is 7.11 Å². The Morgan fingerprint density at radius 1 is 0.903 bits per heavy atom. The van der Waals surface area contributed by atoms with Gasteiger partial charge in [-0.2, -0.15) is 0 Å². The molecular weight excluding hydrogens is 446 g/mol. The van der Waals surface area contributed by atoms with Gasteiger partial charge in [-0.3, -0.25) is 0 Å². The first kappa shape index (κ1) is 29.8. The molecule has 178 valence electrons. The fraction of sp³-hybridized carbons (Fsp3) is 0.643. The van der Waals surface area contributed by atoms with Crippen molar-refractivity contribution in [1.29, 1.82) is 0 Å². The van der Waals surface area contributed by atoms with E-state index >= 15 is 0 Å². The summed E-state index contributed by atoms with van der Waals surface area (Å²) in [6, 6.07) is 8.50. The number of allylic oxidation sites excluding steroid dienone is 2. The maximum Gasteiger partial charge on any atom is 0.119 e. The number of nitrogens with zero attached hydrogens (tertiary/aromatic N) is 1. The first-order chi connectivity index (χ1) is 15.2. The molecule has 1 aliphatic carbocycles. The third kappa shape index (κ3) is 13.7. The van der Waals surface area contributed by atoms with Crippen LogP contribution in [0.1, 0.15) is 92.4 Å². The molecule has 1 aromatic carbocycles. The lowest BCUT2D eigenvalue weighted by Gasteiger charge is -2.27. The molecule has 0 radical (unpaired) electrons. The van der Waals surface area contributed by atoms with E-state index in [1.165, 1.54) is 62.6 Å². The minimum atomic E-state index is 0.489. The van der Waals surface area contributed by atoms with Crippen molar-refractivity contribution < 1.29 is 4.74 Å². The predicted molar refractivity (Wildman–Crippen MR) is 145 cm³/mol. The van der Waals surface area contributed by atoms with Crippen molar-refractivity contribution in [2.45, 2.75) is 97.2 Å². The molecule has 31 heavy (non-hydrogen) atoms. The number of anilines is 1. The number of ether oxygens (including phenoxy) is 1. The quantitative estimate of drug-likeness (QED) is 0.200. The lowest BCUT2D eigenvalue weighted by molar-refractivity contribution is 0.415. The van der Waals surface area contributed by atoms with Crippen molar-refractivity contribution in [3.05, 3.63) is 48.1 Å². The van der Waals surface area contributed by atoms with Crippen molar-refractivity contribution in [3.63, 3.8) is 0 Å². The molecular formula is C28H48BrNO. The van der Waals surface area contributed by atoms with E-state index in [1.807, 2.05) is 27.7 Å². The first-order valence-corrected chi connectivity index (χ1v) is 13.5. The van der Waals surface area contributed by atoms with Gasteiger partial charge < -0.3 is 9.64 Å². The SMILES string of the molecule is CC.CC.CCCCCCCCCCN(CC1=CCC(Br)C=C1)c1ccc(OC)cc1. The lowest BCUT2D eigenvalue weighted by atomic mass is 10.1. The topological polar surface area (TPSA) is 12.5 Å². The average molecular weight is 495 g/mol. The van der Waals surface area contributed by atoms with Crippen LogP contribution in [-0.4, -0.2) is 25.0 Å². The van der Waals surface area contributed by atoms with Crippen LogP contribution >= 0.6 is 15.9 Å². The molecule has 0 fully saturated rings. The second-order valence-electron chi connectivity index (χ2n) is 7.48. The summed E-state index contributed by atoms with van der Waals surface area (Å²) in [5, 5.41) is 0. The molecule has 0 N–H and O–H groups in total. The van der Waals surface area contributed by atoms with Crippen molar-refractivity contribution in [3.8, 4) is 5.75 Å². The van der Waals surface area contributed by atoms with Crippen LogP contribution in [0.4, 0.5) is 5.69 Å². The van der Waals surface area contributed by atoms with Crippen LogP contribution in [-0.2, 0) is 0 Å². The summed E-state index contributed by atoms with van der Waals surface area (Å²) in [5.41, 5.74) is 2.70. The van der Waals surface area contributed by atoms with E-state index in [9.17, 15) is 0 Å². The zero-order valence-electron chi connectivity index (χ0n) is 21.1. The highest BCUT2D eigenvalue weighted by Crippen LogP contribution is 2.23. The third-order valence-corrected chi connectivity index (χ3v) is 5.90. The minimum absolute atomic E-state index is 0.489. The second-order valence-corrected chi connectivity index (χ2v) is 8.66. The molecule has 0 aliphatic heterocycles. The lowest BCUT2D eigenvalue weighted by Crippen LogP contribution is -2.27. The van der Waals surface area contributed by atoms with Crippen LogP contribution in [0.15, 0.2) is 48.1 Å². The Kier molecular flexibility index (Phi) is 19.9. The summed E-state index contributed by atoms with van der Waals surface area (Å²) in [6.07, 6.45) is 18.9. The third-order valence-electron chi connectivity index (χ3n) is 5.22. The van der Waals surface area contributed by atoms with E-state index in [2.05, 4.69) is 70.2 Å². The van der Waals surface area contributed by atoms with E-state index in [4.69, 9.17) is 4.74 Å². The number of benzene rings is 1. The number of methoxy groups -OCH3 is 1. The van der Waals surface area contributed by atoms with Gasteiger partial charge in [-0.15, -0.1) is 0 Å². The van der Waals surface area contributed by atoms with Gasteiger partial charge in [-0.05, 0) is 42.7 Å². The Morgan fingerprint density at radius 2 is 1.48 bits per heavy atom. The zero-order chi connectivity index (χ0) is 23.3. The number of alkyl halides is 1. The van der Waals surface area contributed by atoms with Crippen molar-refractivity contribution in [2.75, 3.05) is 25.1 Å². The van der Waals surface area contributed by atoms with E-state index in [0.717, 1.165) is 25.3 Å². The molecule has 2 nitrogen and oxygen atoms in total. The fourth-order valence-electron chi connectivity index (χ4n) is 3.51. The maximum absolute atomic E-state index is 5.32. The van der Waals surface area contributed by atoms with Gasteiger partial charge in [0.05, 0.1) is 7.11 Å². The highest BCUT2D eigenvalue weighted by Gasteiger charge is 2.11. The monoisotopic (exact) mass is 493 g/mol. The van der Waals surface area contributed by atoms with Crippen LogP contribution in [0.2, 0.25) is 0 Å². The zero-order valence-corrected chi connectivity index (χ0v) is 22.7. The fourth-order valence-corrected chi connectivity index (χ4v) is 3.84. The molecule has 1 atom stereocenters. The van der Waals surface area contributed by atoms with Crippen LogP contribution in [0.25, 0.3) is 0 Å². The second kappa shape index (κ2) is 20.7. The van der Waals surface area contributed by atoms with Crippen LogP contribution < -0.4 is 9.64 Å². The largest absolute Gasteiger partial charge is 0.497 e. The number of halogens is 1. The highest BCUT2D eigenvalue weighted by atomic mass is 79.9. The molecule has 0 bridgehead atoms. The molecule has 1 aromatic rings. The van der Waals surface area contributed by atoms with Gasteiger partial charge in [0.25, 0.3) is 0 Å². The summed E-state index contributed by atoms with van der Waals surface area (Å²) in [6.45, 7) is 12.4. The molecule has 0 saturated heterocycles. The van der Waals surface area contributed by atoms with E-state index in [-0.39, 0.29) is 0 Å². The van der Waals surface area contributed by atoms with Gasteiger partial charge in [0.2, 0.25) is 0 Å². The summed E-state index contributed by atoms with van der Waals surface area (Å²) in [4.78, 5) is 3.00. The molecule has 0 saturated carbocycles. The minimum Gasteiger partial charge on any atom is -0.497 e. The van der Waals surface area contributed by atoms with Gasteiger partial charge in [-0.1, -0.05) is 114 Å². The number of hydrogen-bond acceptors (Lipinski definition) is 2. The number of hydrogen-bond donors (Lipinski definition) is 0. The normalized spacial score (nSPS) is 14.5. The Balaban J connectivity index is 0.00000212. The average Bonchev–Trinajstić information content (AvgIpc) is 2.84. The number of unbranched alkanes of at least 4 members (excludes halogenated alkanes) is 7. The van der Waals surface area contributed by atoms with Crippen molar-refractivity contribution in [2.24, 2.45) is 0 Å². The Labute approximate surface area is 202 Å². The van der Waals surface area contributed by atoms with Crippen LogP contribution in [0.3, 0.4) is 0 Å². The first-order valence-electron chi connectivity index (χ1n) is 12.6. The predicted octanol–water partition coefficient (Wildman–Crippen LogP) is 9.34. The molecule has 0 heterocycles. The molecule has 0 aromatic heterocycles. The van der Waals surface area contributed by atoms with E-state index in [0.29, 0.717) is 4.83 Å². The molecule has 2 rings (SSSR count). The van der Waals surface area contributed by atoms with Gasteiger partial charge in [0.1, 0.15) is 5.75 Å². The summed E-state index contributed by atoms with van der Waals surface area (Å²) >= 11 is 3.67.